The SMILES string of the molecule is O=C(COC(=O)/C=C/c1ccc([N+](=O)[O-])o1)Nc1ccc(Cl)cc1. The van der Waals surface area contributed by atoms with Crippen LogP contribution in [0.1, 0.15) is 5.76 Å². The second kappa shape index (κ2) is 7.93. The van der Waals surface area contributed by atoms with Gasteiger partial charge in [-0.3, -0.25) is 14.9 Å². The highest BCUT2D eigenvalue weighted by molar-refractivity contribution is 6.30. The van der Waals surface area contributed by atoms with E-state index in [1.807, 2.05) is 0 Å². The number of hydrogen-bond acceptors (Lipinski definition) is 6. The minimum absolute atomic E-state index is 0.115. The number of nitrogens with zero attached hydrogens (tertiary/aromatic N) is 1. The van der Waals surface area contributed by atoms with Gasteiger partial charge in [-0.25, -0.2) is 4.79 Å². The minimum atomic E-state index is -0.791. The molecule has 2 rings (SSSR count). The minimum Gasteiger partial charge on any atom is -0.452 e. The molecule has 1 heterocycles. The van der Waals surface area contributed by atoms with E-state index in [9.17, 15) is 19.7 Å². The maximum Gasteiger partial charge on any atom is 0.433 e. The number of carbonyl (C=O) groups excluding carboxylic acids is 2. The summed E-state index contributed by atoms with van der Waals surface area (Å²) in [5, 5.41) is 13.5. The number of esters is 1. The number of rotatable bonds is 6. The molecule has 0 fully saturated rings. The van der Waals surface area contributed by atoms with Gasteiger partial charge in [0, 0.05) is 16.8 Å². The summed E-state index contributed by atoms with van der Waals surface area (Å²) < 4.78 is 9.56. The topological polar surface area (TPSA) is 112 Å². The summed E-state index contributed by atoms with van der Waals surface area (Å²) >= 11 is 5.72. The van der Waals surface area contributed by atoms with Gasteiger partial charge in [-0.05, 0) is 36.4 Å². The van der Waals surface area contributed by atoms with Crippen molar-refractivity contribution >= 4 is 41.1 Å². The number of furan rings is 1. The van der Waals surface area contributed by atoms with Gasteiger partial charge in [0.1, 0.15) is 10.7 Å². The molecule has 0 aliphatic rings. The van der Waals surface area contributed by atoms with E-state index in [2.05, 4.69) is 5.32 Å². The second-order valence-corrected chi connectivity index (χ2v) is 4.87. The first-order valence-electron chi connectivity index (χ1n) is 6.58. The number of halogens is 1. The van der Waals surface area contributed by atoms with E-state index in [1.165, 1.54) is 12.1 Å². The van der Waals surface area contributed by atoms with Crippen molar-refractivity contribution < 1.29 is 23.7 Å². The second-order valence-electron chi connectivity index (χ2n) is 4.43. The van der Waals surface area contributed by atoms with E-state index in [0.717, 1.165) is 12.1 Å². The summed E-state index contributed by atoms with van der Waals surface area (Å²) in [6.45, 7) is -0.482. The van der Waals surface area contributed by atoms with E-state index in [1.54, 1.807) is 24.3 Å². The van der Waals surface area contributed by atoms with Crippen LogP contribution in [0.25, 0.3) is 6.08 Å². The smallest absolute Gasteiger partial charge is 0.433 e. The monoisotopic (exact) mass is 350 g/mol. The summed E-state index contributed by atoms with van der Waals surface area (Å²) in [4.78, 5) is 32.8. The molecule has 0 saturated carbocycles. The molecule has 0 bridgehead atoms. The van der Waals surface area contributed by atoms with Gasteiger partial charge < -0.3 is 14.5 Å². The Labute approximate surface area is 140 Å². The highest BCUT2D eigenvalue weighted by Gasteiger charge is 2.10. The molecule has 0 aliphatic carbocycles. The van der Waals surface area contributed by atoms with Crippen LogP contribution in [0.4, 0.5) is 11.6 Å². The third-order valence-corrected chi connectivity index (χ3v) is 2.90. The number of amides is 1. The lowest BCUT2D eigenvalue weighted by atomic mass is 10.3. The predicted octanol–water partition coefficient (Wildman–Crippen LogP) is 3.04. The van der Waals surface area contributed by atoms with E-state index >= 15 is 0 Å². The predicted molar refractivity (Wildman–Crippen MR) is 85.4 cm³/mol. The molecule has 0 saturated heterocycles. The normalized spacial score (nSPS) is 10.5. The number of nitrogens with one attached hydrogen (secondary N) is 1. The third kappa shape index (κ3) is 5.25. The molecular weight excluding hydrogens is 340 g/mol. The molecule has 1 aromatic heterocycles. The molecular formula is C15H11ClN2O6. The van der Waals surface area contributed by atoms with Crippen LogP contribution in [0.5, 0.6) is 0 Å². The van der Waals surface area contributed by atoms with Crippen LogP contribution in [0.15, 0.2) is 46.9 Å². The first kappa shape index (κ1) is 17.2. The molecule has 0 unspecified atom stereocenters. The van der Waals surface area contributed by atoms with Gasteiger partial charge in [0.05, 0.1) is 6.07 Å². The van der Waals surface area contributed by atoms with Gasteiger partial charge in [0.2, 0.25) is 0 Å². The van der Waals surface area contributed by atoms with Crippen molar-refractivity contribution in [1.82, 2.24) is 0 Å². The molecule has 8 nitrogen and oxygen atoms in total. The Bertz CT molecular complexity index is 782. The molecule has 1 N–H and O–H groups in total. The van der Waals surface area contributed by atoms with Crippen LogP contribution in [0.3, 0.4) is 0 Å². The highest BCUT2D eigenvalue weighted by atomic mass is 35.5. The summed E-state index contributed by atoms with van der Waals surface area (Å²) in [5.74, 6) is -1.64. The fourth-order valence-corrected chi connectivity index (χ4v) is 1.72. The summed E-state index contributed by atoms with van der Waals surface area (Å²) in [6, 6.07) is 8.90. The number of nitro groups is 1. The van der Waals surface area contributed by atoms with Crippen molar-refractivity contribution in [3.05, 3.63) is 63.4 Å². The largest absolute Gasteiger partial charge is 0.452 e. The molecule has 9 heteroatoms. The van der Waals surface area contributed by atoms with Crippen LogP contribution in [0.2, 0.25) is 5.02 Å². The fourth-order valence-electron chi connectivity index (χ4n) is 1.60. The lowest BCUT2D eigenvalue weighted by molar-refractivity contribution is -0.402. The van der Waals surface area contributed by atoms with Crippen LogP contribution >= 0.6 is 11.6 Å². The Hall–Kier alpha value is -3.13. The van der Waals surface area contributed by atoms with Crippen molar-refractivity contribution in [2.45, 2.75) is 0 Å². The number of ether oxygens (including phenoxy) is 1. The molecule has 0 atom stereocenters. The van der Waals surface area contributed by atoms with Gasteiger partial charge in [0.25, 0.3) is 5.91 Å². The Morgan fingerprint density at radius 3 is 2.58 bits per heavy atom. The van der Waals surface area contributed by atoms with Crippen LogP contribution < -0.4 is 5.32 Å². The van der Waals surface area contributed by atoms with Gasteiger partial charge in [-0.1, -0.05) is 11.6 Å². The Balaban J connectivity index is 1.79. The number of hydrogen-bond donors (Lipinski definition) is 1. The van der Waals surface area contributed by atoms with E-state index in [4.69, 9.17) is 20.8 Å². The van der Waals surface area contributed by atoms with Crippen molar-refractivity contribution in [3.8, 4) is 0 Å². The zero-order chi connectivity index (χ0) is 17.5. The average Bonchev–Trinajstić information content (AvgIpc) is 3.02. The lowest BCUT2D eigenvalue weighted by Gasteiger charge is -2.05. The fraction of sp³-hybridized carbons (Fsp3) is 0.0667. The number of anilines is 1. The Kier molecular flexibility index (Phi) is 5.69. The first-order valence-corrected chi connectivity index (χ1v) is 6.96. The zero-order valence-electron chi connectivity index (χ0n) is 12.1. The first-order chi connectivity index (χ1) is 11.4. The third-order valence-electron chi connectivity index (χ3n) is 2.65. The van der Waals surface area contributed by atoms with Crippen molar-refractivity contribution in [1.29, 1.82) is 0 Å². The average molecular weight is 351 g/mol. The molecule has 2 aromatic rings. The lowest BCUT2D eigenvalue weighted by Crippen LogP contribution is -2.20. The van der Waals surface area contributed by atoms with Gasteiger partial charge in [0.15, 0.2) is 6.61 Å². The molecule has 0 spiro atoms. The van der Waals surface area contributed by atoms with Crippen LogP contribution in [-0.2, 0) is 14.3 Å². The number of carbonyl (C=O) groups is 2. The maximum absolute atomic E-state index is 11.6. The van der Waals surface area contributed by atoms with Gasteiger partial charge in [-0.2, -0.15) is 0 Å². The van der Waals surface area contributed by atoms with Crippen molar-refractivity contribution in [2.24, 2.45) is 0 Å². The molecule has 0 radical (unpaired) electrons. The standard InChI is InChI=1S/C15H11ClN2O6/c16-10-1-3-11(4-2-10)17-13(19)9-23-15(20)8-6-12-5-7-14(24-12)18(21)22/h1-8H,9H2,(H,17,19)/b8-6+. The van der Waals surface area contributed by atoms with Crippen molar-refractivity contribution in [3.63, 3.8) is 0 Å². The van der Waals surface area contributed by atoms with Gasteiger partial charge >= 0.3 is 11.9 Å². The summed E-state index contributed by atoms with van der Waals surface area (Å²) in [5.41, 5.74) is 0.513. The van der Waals surface area contributed by atoms with Crippen molar-refractivity contribution in [2.75, 3.05) is 11.9 Å². The Morgan fingerprint density at radius 1 is 1.25 bits per heavy atom. The molecule has 1 aromatic carbocycles. The maximum atomic E-state index is 11.6. The van der Waals surface area contributed by atoms with Crippen LogP contribution in [0, 0.1) is 10.1 Å². The summed E-state index contributed by atoms with van der Waals surface area (Å²) in [6.07, 6.45) is 2.20. The van der Waals surface area contributed by atoms with Crippen LogP contribution in [-0.4, -0.2) is 23.4 Å². The quantitative estimate of drug-likeness (QED) is 0.371. The van der Waals surface area contributed by atoms with Gasteiger partial charge in [-0.15, -0.1) is 0 Å². The van der Waals surface area contributed by atoms with E-state index in [-0.39, 0.29) is 5.76 Å². The van der Waals surface area contributed by atoms with E-state index in [0.29, 0.717) is 10.7 Å². The zero-order valence-corrected chi connectivity index (χ0v) is 12.9. The molecule has 124 valence electrons. The molecule has 24 heavy (non-hydrogen) atoms. The number of benzene rings is 1. The van der Waals surface area contributed by atoms with E-state index < -0.39 is 29.3 Å². The Morgan fingerprint density at radius 2 is 1.96 bits per heavy atom. The molecule has 1 amide bonds. The summed E-state index contributed by atoms with van der Waals surface area (Å²) in [7, 11) is 0. The highest BCUT2D eigenvalue weighted by Crippen LogP contribution is 2.16. The molecule has 0 aliphatic heterocycles.